The Labute approximate surface area is 110 Å². The predicted molar refractivity (Wildman–Crippen MR) is 69.4 cm³/mol. The third-order valence-electron chi connectivity index (χ3n) is 2.91. The number of rotatable bonds is 3. The number of aryl methyl sites for hydroxylation is 1. The molecule has 0 fully saturated rings. The van der Waals surface area contributed by atoms with Crippen molar-refractivity contribution in [3.05, 3.63) is 47.0 Å². The maximum atomic E-state index is 13.6. The number of aromatic nitrogens is 2. The zero-order valence-corrected chi connectivity index (χ0v) is 10.7. The van der Waals surface area contributed by atoms with Gasteiger partial charge in [-0.1, -0.05) is 0 Å². The Bertz CT molecular complexity index is 634. The molecule has 1 aromatic heterocycles. The topological polar surface area (TPSA) is 86.9 Å². The van der Waals surface area contributed by atoms with Crippen LogP contribution in [0.1, 0.15) is 34.5 Å². The molecule has 1 heterocycles. The third-order valence-corrected chi connectivity index (χ3v) is 2.91. The highest BCUT2D eigenvalue weighted by atomic mass is 19.1. The van der Waals surface area contributed by atoms with Gasteiger partial charge in [-0.2, -0.15) is 5.10 Å². The van der Waals surface area contributed by atoms with Gasteiger partial charge in [0.1, 0.15) is 5.82 Å². The average Bonchev–Trinajstić information content (AvgIpc) is 2.81. The Morgan fingerprint density at radius 3 is 2.68 bits per heavy atom. The highest BCUT2D eigenvalue weighted by Gasteiger charge is 2.14. The quantitative estimate of drug-likeness (QED) is 0.877. The maximum Gasteiger partial charge on any atom is 0.251 e. The van der Waals surface area contributed by atoms with Crippen LogP contribution in [-0.4, -0.2) is 15.7 Å². The van der Waals surface area contributed by atoms with Crippen LogP contribution < -0.4 is 11.5 Å². The molecule has 0 aliphatic heterocycles. The molecule has 0 radical (unpaired) electrons. The standard InChI is InChI=1S/C13H15FN4O/c1-7-3-12(10(8(2)15)4-11(7)14)18-6-9(5-17-18)13(16)19/h3-6,8H,15H2,1-2H3,(H2,16,19)/t8-/m1/s1. The minimum absolute atomic E-state index is 0.289. The van der Waals surface area contributed by atoms with Crippen LogP contribution in [0.25, 0.3) is 5.69 Å². The van der Waals surface area contributed by atoms with Gasteiger partial charge in [0.2, 0.25) is 0 Å². The normalized spacial score (nSPS) is 12.4. The first-order valence-electron chi connectivity index (χ1n) is 5.80. The molecule has 2 aromatic rings. The molecule has 0 saturated carbocycles. The SMILES string of the molecule is Cc1cc(-n2cc(C(N)=O)cn2)c([C@@H](C)N)cc1F. The second kappa shape index (κ2) is 4.81. The summed E-state index contributed by atoms with van der Waals surface area (Å²) in [6.07, 6.45) is 2.87. The van der Waals surface area contributed by atoms with Crippen LogP contribution in [0.15, 0.2) is 24.5 Å². The lowest BCUT2D eigenvalue weighted by Gasteiger charge is -2.14. The predicted octanol–water partition coefficient (Wildman–Crippen LogP) is 1.44. The Balaban J connectivity index is 2.59. The van der Waals surface area contributed by atoms with Gasteiger partial charge in [0.25, 0.3) is 5.91 Å². The molecular weight excluding hydrogens is 247 g/mol. The Morgan fingerprint density at radius 1 is 1.47 bits per heavy atom. The summed E-state index contributed by atoms with van der Waals surface area (Å²) in [7, 11) is 0. The monoisotopic (exact) mass is 262 g/mol. The Hall–Kier alpha value is -2.21. The molecule has 100 valence electrons. The van der Waals surface area contributed by atoms with E-state index in [0.717, 1.165) is 0 Å². The first-order chi connectivity index (χ1) is 8.90. The number of carbonyl (C=O) groups is 1. The van der Waals surface area contributed by atoms with Crippen molar-refractivity contribution in [3.8, 4) is 5.69 Å². The van der Waals surface area contributed by atoms with E-state index in [0.29, 0.717) is 16.8 Å². The van der Waals surface area contributed by atoms with E-state index in [2.05, 4.69) is 5.10 Å². The summed E-state index contributed by atoms with van der Waals surface area (Å²) in [5, 5.41) is 4.06. The largest absolute Gasteiger partial charge is 0.366 e. The summed E-state index contributed by atoms with van der Waals surface area (Å²) in [6, 6.07) is 2.68. The molecule has 0 saturated heterocycles. The van der Waals surface area contributed by atoms with Gasteiger partial charge in [-0.25, -0.2) is 9.07 Å². The van der Waals surface area contributed by atoms with Crippen molar-refractivity contribution < 1.29 is 9.18 Å². The highest BCUT2D eigenvalue weighted by Crippen LogP contribution is 2.23. The van der Waals surface area contributed by atoms with Gasteiger partial charge in [-0.3, -0.25) is 4.79 Å². The fraction of sp³-hybridized carbons (Fsp3) is 0.231. The van der Waals surface area contributed by atoms with E-state index < -0.39 is 5.91 Å². The van der Waals surface area contributed by atoms with Crippen LogP contribution >= 0.6 is 0 Å². The molecule has 5 nitrogen and oxygen atoms in total. The number of primary amides is 1. The molecule has 1 aromatic carbocycles. The minimum Gasteiger partial charge on any atom is -0.366 e. The second-order valence-corrected chi connectivity index (χ2v) is 4.49. The molecule has 0 spiro atoms. The fourth-order valence-electron chi connectivity index (χ4n) is 1.83. The number of hydrogen-bond donors (Lipinski definition) is 2. The molecular formula is C13H15FN4O. The highest BCUT2D eigenvalue weighted by molar-refractivity contribution is 5.92. The van der Waals surface area contributed by atoms with Gasteiger partial charge in [0.15, 0.2) is 0 Å². The van der Waals surface area contributed by atoms with Crippen LogP contribution in [-0.2, 0) is 0 Å². The van der Waals surface area contributed by atoms with Crippen molar-refractivity contribution >= 4 is 5.91 Å². The van der Waals surface area contributed by atoms with Crippen LogP contribution in [0.4, 0.5) is 4.39 Å². The van der Waals surface area contributed by atoms with Gasteiger partial charge in [0.05, 0.1) is 17.4 Å². The zero-order valence-electron chi connectivity index (χ0n) is 10.7. The van der Waals surface area contributed by atoms with Gasteiger partial charge in [-0.15, -0.1) is 0 Å². The lowest BCUT2D eigenvalue weighted by Crippen LogP contribution is -2.12. The summed E-state index contributed by atoms with van der Waals surface area (Å²) in [6.45, 7) is 3.41. The van der Waals surface area contributed by atoms with Crippen molar-refractivity contribution in [3.63, 3.8) is 0 Å². The maximum absolute atomic E-state index is 13.6. The van der Waals surface area contributed by atoms with Crippen molar-refractivity contribution in [2.75, 3.05) is 0 Å². The van der Waals surface area contributed by atoms with E-state index in [1.54, 1.807) is 19.9 Å². The molecule has 0 unspecified atom stereocenters. The number of nitrogens with two attached hydrogens (primary N) is 2. The van der Waals surface area contributed by atoms with Gasteiger partial charge in [-0.05, 0) is 37.1 Å². The molecule has 0 aliphatic rings. The number of amides is 1. The molecule has 2 rings (SSSR count). The fourth-order valence-corrected chi connectivity index (χ4v) is 1.83. The average molecular weight is 262 g/mol. The smallest absolute Gasteiger partial charge is 0.251 e. The molecule has 19 heavy (non-hydrogen) atoms. The number of nitrogens with zero attached hydrogens (tertiary/aromatic N) is 2. The van der Waals surface area contributed by atoms with Gasteiger partial charge in [0, 0.05) is 12.2 Å². The van der Waals surface area contributed by atoms with Crippen LogP contribution in [0.2, 0.25) is 0 Å². The number of carbonyl (C=O) groups excluding carboxylic acids is 1. The minimum atomic E-state index is -0.563. The molecule has 6 heteroatoms. The number of halogens is 1. The third kappa shape index (κ3) is 2.48. The van der Waals surface area contributed by atoms with E-state index in [9.17, 15) is 9.18 Å². The van der Waals surface area contributed by atoms with Gasteiger partial charge < -0.3 is 11.5 Å². The summed E-state index contributed by atoms with van der Waals surface area (Å²) in [5.41, 5.74) is 13.0. The zero-order chi connectivity index (χ0) is 14.2. The number of hydrogen-bond acceptors (Lipinski definition) is 3. The summed E-state index contributed by atoms with van der Waals surface area (Å²) >= 11 is 0. The van der Waals surface area contributed by atoms with Crippen LogP contribution in [0.5, 0.6) is 0 Å². The Kier molecular flexibility index (Phi) is 3.35. The lowest BCUT2D eigenvalue weighted by molar-refractivity contribution is 0.100. The van der Waals surface area contributed by atoms with Crippen LogP contribution in [0.3, 0.4) is 0 Å². The van der Waals surface area contributed by atoms with Crippen LogP contribution in [0, 0.1) is 12.7 Å². The van der Waals surface area contributed by atoms with E-state index >= 15 is 0 Å². The number of benzene rings is 1. The van der Waals surface area contributed by atoms with Crippen molar-refractivity contribution in [1.82, 2.24) is 9.78 Å². The summed E-state index contributed by atoms with van der Waals surface area (Å²) in [5.74, 6) is -0.884. The van der Waals surface area contributed by atoms with E-state index in [-0.39, 0.29) is 17.4 Å². The molecule has 0 aliphatic carbocycles. The van der Waals surface area contributed by atoms with Crippen molar-refractivity contribution in [1.29, 1.82) is 0 Å². The first kappa shape index (κ1) is 13.2. The molecule has 1 amide bonds. The van der Waals surface area contributed by atoms with Gasteiger partial charge >= 0.3 is 0 Å². The van der Waals surface area contributed by atoms with E-state index in [1.807, 2.05) is 0 Å². The second-order valence-electron chi connectivity index (χ2n) is 4.49. The lowest BCUT2D eigenvalue weighted by atomic mass is 10.0. The summed E-state index contributed by atoms with van der Waals surface area (Å²) in [4.78, 5) is 11.1. The molecule has 4 N–H and O–H groups in total. The molecule has 1 atom stereocenters. The Morgan fingerprint density at radius 2 is 2.16 bits per heavy atom. The van der Waals surface area contributed by atoms with E-state index in [1.165, 1.54) is 23.1 Å². The van der Waals surface area contributed by atoms with Crippen molar-refractivity contribution in [2.24, 2.45) is 11.5 Å². The van der Waals surface area contributed by atoms with Crippen molar-refractivity contribution in [2.45, 2.75) is 19.9 Å². The van der Waals surface area contributed by atoms with E-state index in [4.69, 9.17) is 11.5 Å². The summed E-state index contributed by atoms with van der Waals surface area (Å²) < 4.78 is 15.1. The molecule has 0 bridgehead atoms. The first-order valence-corrected chi connectivity index (χ1v) is 5.80.